The lowest BCUT2D eigenvalue weighted by Crippen LogP contribution is -2.30. The summed E-state index contributed by atoms with van der Waals surface area (Å²) in [7, 11) is 0. The van der Waals surface area contributed by atoms with Gasteiger partial charge in [-0.2, -0.15) is 0 Å². The lowest BCUT2D eigenvalue weighted by atomic mass is 10.0. The minimum absolute atomic E-state index is 0.0703. The van der Waals surface area contributed by atoms with Gasteiger partial charge in [-0.15, -0.1) is 0 Å². The molecule has 0 saturated heterocycles. The molecule has 0 aliphatic heterocycles. The van der Waals surface area contributed by atoms with Crippen molar-refractivity contribution in [3.8, 4) is 0 Å². The van der Waals surface area contributed by atoms with Crippen LogP contribution in [0.3, 0.4) is 0 Å². The Bertz CT molecular complexity index is 1350. The van der Waals surface area contributed by atoms with Gasteiger partial charge in [0, 0.05) is 19.3 Å². The van der Waals surface area contributed by atoms with Gasteiger partial charge in [0.05, 0.1) is 0 Å². The van der Waals surface area contributed by atoms with Gasteiger partial charge < -0.3 is 14.2 Å². The minimum Gasteiger partial charge on any atom is -0.462 e. The van der Waals surface area contributed by atoms with E-state index in [4.69, 9.17) is 14.2 Å². The maximum Gasteiger partial charge on any atom is 0.306 e. The van der Waals surface area contributed by atoms with E-state index in [0.29, 0.717) is 19.3 Å². The molecule has 0 fully saturated rings. The molecule has 0 aromatic rings. The average molecular weight is 1140 g/mol. The molecule has 0 rings (SSSR count). The molecule has 0 spiro atoms. The molecule has 0 aliphatic carbocycles. The molecule has 0 N–H and O–H groups in total. The molecule has 0 radical (unpaired) electrons. The molecule has 6 heteroatoms. The molecule has 6 nitrogen and oxygen atoms in total. The van der Waals surface area contributed by atoms with E-state index < -0.39 is 6.10 Å². The zero-order valence-corrected chi connectivity index (χ0v) is 54.8. The van der Waals surface area contributed by atoms with Crippen molar-refractivity contribution in [3.63, 3.8) is 0 Å². The summed E-state index contributed by atoms with van der Waals surface area (Å²) in [6, 6.07) is 0. The SMILES string of the molecule is CCCC/C=C\CCCCCCCC(=O)OCC(COC(=O)CCCCCCCCCCCCCCCCC/C=C\CCCCCCCCCC)OC(=O)CCCCCCCCCCCCCCC/C=C\CCCCCCCCCC. The summed E-state index contributed by atoms with van der Waals surface area (Å²) >= 11 is 0. The highest BCUT2D eigenvalue weighted by Gasteiger charge is 2.19. The van der Waals surface area contributed by atoms with Crippen molar-refractivity contribution in [1.29, 1.82) is 0 Å². The van der Waals surface area contributed by atoms with Crippen molar-refractivity contribution in [1.82, 2.24) is 0 Å². The zero-order valence-electron chi connectivity index (χ0n) is 54.8. The van der Waals surface area contributed by atoms with E-state index in [1.165, 1.54) is 302 Å². The highest BCUT2D eigenvalue weighted by molar-refractivity contribution is 5.71. The van der Waals surface area contributed by atoms with Crippen LogP contribution in [0.5, 0.6) is 0 Å². The van der Waals surface area contributed by atoms with Gasteiger partial charge in [0.2, 0.25) is 0 Å². The molecule has 1 atom stereocenters. The smallest absolute Gasteiger partial charge is 0.306 e. The van der Waals surface area contributed by atoms with Crippen LogP contribution in [0.1, 0.15) is 406 Å². The normalized spacial score (nSPS) is 12.2. The van der Waals surface area contributed by atoms with E-state index >= 15 is 0 Å². The summed E-state index contributed by atoms with van der Waals surface area (Å²) < 4.78 is 17.0. The van der Waals surface area contributed by atoms with E-state index in [-0.39, 0.29) is 31.1 Å². The Morgan fingerprint density at radius 1 is 0.235 bits per heavy atom. The summed E-state index contributed by atoms with van der Waals surface area (Å²) in [5.74, 6) is -0.853. The minimum atomic E-state index is -0.774. The Hall–Kier alpha value is -2.37. The maximum atomic E-state index is 12.9. The summed E-state index contributed by atoms with van der Waals surface area (Å²) in [6.07, 6.45) is 87.7. The van der Waals surface area contributed by atoms with E-state index in [1.54, 1.807) is 0 Å². The second-order valence-corrected chi connectivity index (χ2v) is 24.8. The number of unbranched alkanes of at least 4 members (excludes halogenated alkanes) is 51. The topological polar surface area (TPSA) is 78.9 Å². The van der Waals surface area contributed by atoms with Gasteiger partial charge in [-0.1, -0.05) is 333 Å². The Labute approximate surface area is 506 Å². The Balaban J connectivity index is 4.16. The molecule has 0 saturated carbocycles. The number of ether oxygens (including phenoxy) is 3. The van der Waals surface area contributed by atoms with Crippen LogP contribution in [0.4, 0.5) is 0 Å². The summed E-state index contributed by atoms with van der Waals surface area (Å²) in [5, 5.41) is 0. The van der Waals surface area contributed by atoms with Gasteiger partial charge in [0.1, 0.15) is 13.2 Å². The Morgan fingerprint density at radius 3 is 0.654 bits per heavy atom. The quantitative estimate of drug-likeness (QED) is 0.0261. The van der Waals surface area contributed by atoms with Crippen LogP contribution in [0.25, 0.3) is 0 Å². The molecule has 0 aromatic heterocycles. The van der Waals surface area contributed by atoms with Crippen molar-refractivity contribution in [2.24, 2.45) is 0 Å². The third-order valence-electron chi connectivity index (χ3n) is 16.6. The van der Waals surface area contributed by atoms with Gasteiger partial charge >= 0.3 is 17.9 Å². The molecule has 0 bridgehead atoms. The molecule has 0 aliphatic rings. The summed E-state index contributed by atoms with van der Waals surface area (Å²) in [5.41, 5.74) is 0. The summed E-state index contributed by atoms with van der Waals surface area (Å²) in [4.78, 5) is 38.4. The lowest BCUT2D eigenvalue weighted by Gasteiger charge is -2.18. The van der Waals surface area contributed by atoms with Crippen LogP contribution in [0.2, 0.25) is 0 Å². The first-order valence-corrected chi connectivity index (χ1v) is 36.5. The zero-order chi connectivity index (χ0) is 58.5. The molecular formula is C75H140O6. The number of rotatable bonds is 68. The molecule has 0 amide bonds. The molecule has 0 aromatic carbocycles. The number of hydrogen-bond donors (Lipinski definition) is 0. The fourth-order valence-electron chi connectivity index (χ4n) is 11.1. The molecule has 1 unspecified atom stereocenters. The van der Waals surface area contributed by atoms with Crippen molar-refractivity contribution >= 4 is 17.9 Å². The first kappa shape index (κ1) is 78.6. The van der Waals surface area contributed by atoms with Gasteiger partial charge in [-0.3, -0.25) is 14.4 Å². The van der Waals surface area contributed by atoms with Crippen molar-refractivity contribution in [2.75, 3.05) is 13.2 Å². The summed E-state index contributed by atoms with van der Waals surface area (Å²) in [6.45, 7) is 6.67. The Kier molecular flexibility index (Phi) is 68.1. The van der Waals surface area contributed by atoms with Gasteiger partial charge in [0.15, 0.2) is 6.10 Å². The first-order valence-electron chi connectivity index (χ1n) is 36.5. The second kappa shape index (κ2) is 70.1. The van der Waals surface area contributed by atoms with Crippen molar-refractivity contribution in [3.05, 3.63) is 36.5 Å². The monoisotopic (exact) mass is 1140 g/mol. The van der Waals surface area contributed by atoms with Crippen LogP contribution in [-0.2, 0) is 28.6 Å². The lowest BCUT2D eigenvalue weighted by molar-refractivity contribution is -0.167. The fraction of sp³-hybridized carbons (Fsp3) is 0.880. The van der Waals surface area contributed by atoms with Crippen molar-refractivity contribution < 1.29 is 28.6 Å². The van der Waals surface area contributed by atoms with Crippen LogP contribution < -0.4 is 0 Å². The highest BCUT2D eigenvalue weighted by atomic mass is 16.6. The number of esters is 3. The first-order chi connectivity index (χ1) is 40.0. The van der Waals surface area contributed by atoms with E-state index in [2.05, 4.69) is 57.2 Å². The van der Waals surface area contributed by atoms with E-state index in [0.717, 1.165) is 64.2 Å². The number of hydrogen-bond acceptors (Lipinski definition) is 6. The third-order valence-corrected chi connectivity index (χ3v) is 16.6. The maximum absolute atomic E-state index is 12.9. The third kappa shape index (κ3) is 68.3. The molecule has 81 heavy (non-hydrogen) atoms. The van der Waals surface area contributed by atoms with Gasteiger partial charge in [0.25, 0.3) is 0 Å². The van der Waals surface area contributed by atoms with E-state index in [9.17, 15) is 14.4 Å². The fourth-order valence-corrected chi connectivity index (χ4v) is 11.1. The predicted molar refractivity (Wildman–Crippen MR) is 353 cm³/mol. The van der Waals surface area contributed by atoms with Crippen molar-refractivity contribution in [2.45, 2.75) is 412 Å². The van der Waals surface area contributed by atoms with E-state index in [1.807, 2.05) is 0 Å². The number of carbonyl (C=O) groups excluding carboxylic acids is 3. The van der Waals surface area contributed by atoms with Crippen LogP contribution >= 0.6 is 0 Å². The van der Waals surface area contributed by atoms with Crippen LogP contribution in [-0.4, -0.2) is 37.2 Å². The van der Waals surface area contributed by atoms with Gasteiger partial charge in [-0.25, -0.2) is 0 Å². The van der Waals surface area contributed by atoms with Crippen LogP contribution in [0, 0.1) is 0 Å². The standard InChI is InChI=1S/C75H140O6/c1-4-7-10-13-16-19-22-24-26-28-30-32-34-36-37-39-40-42-44-46-48-50-53-56-59-62-65-68-74(77)80-71-72(70-79-73(76)67-64-61-58-55-52-21-18-15-12-9-6-3)81-75(78)69-66-63-60-57-54-51-49-47-45-43-41-38-35-33-31-29-27-25-23-20-17-14-11-8-5-2/h15,18,28-31,72H,4-14,16-17,19-27,32-71H2,1-3H3/b18-15-,30-28-,31-29-. The molecular weight excluding hydrogens is 997 g/mol. The van der Waals surface area contributed by atoms with Gasteiger partial charge in [-0.05, 0) is 89.9 Å². The second-order valence-electron chi connectivity index (χ2n) is 24.8. The molecule has 0 heterocycles. The molecule has 476 valence electrons. The predicted octanol–water partition coefficient (Wildman–Crippen LogP) is 25.1. The highest BCUT2D eigenvalue weighted by Crippen LogP contribution is 2.18. The average Bonchev–Trinajstić information content (AvgIpc) is 3.47. The largest absolute Gasteiger partial charge is 0.462 e. The van der Waals surface area contributed by atoms with Crippen LogP contribution in [0.15, 0.2) is 36.5 Å². The Morgan fingerprint density at radius 2 is 0.420 bits per heavy atom. The number of allylic oxidation sites excluding steroid dienone is 6. The number of carbonyl (C=O) groups is 3.